The van der Waals surface area contributed by atoms with Crippen LogP contribution in [-0.2, 0) is 0 Å². The van der Waals surface area contributed by atoms with Gasteiger partial charge in [-0.25, -0.2) is 0 Å². The summed E-state index contributed by atoms with van der Waals surface area (Å²) in [5.74, 6) is -0.272. The minimum Gasteiger partial charge on any atom is -0.405 e. The summed E-state index contributed by atoms with van der Waals surface area (Å²) in [6, 6.07) is 12.6. The van der Waals surface area contributed by atoms with Gasteiger partial charge in [-0.2, -0.15) is 0 Å². The second kappa shape index (κ2) is 6.41. The number of halogens is 3. The Hall–Kier alpha value is -1.66. The van der Waals surface area contributed by atoms with Crippen molar-refractivity contribution in [2.45, 2.75) is 17.3 Å². The molecule has 0 heterocycles. The Labute approximate surface area is 125 Å². The molecule has 2 N–H and O–H groups in total. The Morgan fingerprint density at radius 2 is 1.67 bits per heavy atom. The fourth-order valence-electron chi connectivity index (χ4n) is 1.95. The molecule has 0 aliphatic rings. The molecule has 21 heavy (non-hydrogen) atoms. The third-order valence-electron chi connectivity index (χ3n) is 2.95. The first-order valence-electron chi connectivity index (χ1n) is 6.15. The lowest BCUT2D eigenvalue weighted by atomic mass is 9.99. The Balaban J connectivity index is 2.31. The summed E-state index contributed by atoms with van der Waals surface area (Å²) in [5, 5.41) is 0. The van der Waals surface area contributed by atoms with E-state index in [-0.39, 0.29) is 5.75 Å². The van der Waals surface area contributed by atoms with Gasteiger partial charge in [-0.05, 0) is 30.0 Å². The number of thioether (sulfide) groups is 1. The highest BCUT2D eigenvalue weighted by Gasteiger charge is 2.32. The molecule has 2 aromatic rings. The molecule has 0 saturated heterocycles. The quantitative estimate of drug-likeness (QED) is 0.852. The summed E-state index contributed by atoms with van der Waals surface area (Å²) in [7, 11) is 0. The van der Waals surface area contributed by atoms with Crippen LogP contribution in [0.25, 0.3) is 0 Å². The van der Waals surface area contributed by atoms with Crippen LogP contribution in [0, 0.1) is 0 Å². The van der Waals surface area contributed by atoms with E-state index in [9.17, 15) is 13.2 Å². The fourth-order valence-corrected chi connectivity index (χ4v) is 2.35. The largest absolute Gasteiger partial charge is 0.573 e. The van der Waals surface area contributed by atoms with Gasteiger partial charge in [0, 0.05) is 10.5 Å². The summed E-state index contributed by atoms with van der Waals surface area (Å²) in [5.41, 5.74) is 7.10. The standard InChI is InChI=1S/C15H14F3NOS/c1-21-11-8-6-10(7-9-11)14(19)12-4-2-3-5-13(12)20-15(16,17)18/h2-9,14H,19H2,1H3. The van der Waals surface area contributed by atoms with E-state index in [1.807, 2.05) is 18.4 Å². The van der Waals surface area contributed by atoms with Crippen LogP contribution in [0.15, 0.2) is 53.4 Å². The third-order valence-corrected chi connectivity index (χ3v) is 3.70. The number of alkyl halides is 3. The van der Waals surface area contributed by atoms with E-state index in [4.69, 9.17) is 5.73 Å². The smallest absolute Gasteiger partial charge is 0.405 e. The van der Waals surface area contributed by atoms with E-state index in [1.165, 1.54) is 18.2 Å². The summed E-state index contributed by atoms with van der Waals surface area (Å²) in [6.45, 7) is 0. The average Bonchev–Trinajstić information content (AvgIpc) is 2.45. The zero-order valence-electron chi connectivity index (χ0n) is 11.2. The first-order valence-corrected chi connectivity index (χ1v) is 7.37. The Morgan fingerprint density at radius 1 is 1.05 bits per heavy atom. The van der Waals surface area contributed by atoms with Crippen LogP contribution in [0.3, 0.4) is 0 Å². The van der Waals surface area contributed by atoms with Crippen molar-refractivity contribution in [1.29, 1.82) is 0 Å². The number of rotatable bonds is 4. The molecule has 1 unspecified atom stereocenters. The molecular weight excluding hydrogens is 299 g/mol. The molecule has 0 radical (unpaired) electrons. The van der Waals surface area contributed by atoms with Crippen LogP contribution < -0.4 is 10.5 Å². The highest BCUT2D eigenvalue weighted by Crippen LogP contribution is 2.32. The van der Waals surface area contributed by atoms with Crippen LogP contribution in [-0.4, -0.2) is 12.6 Å². The number of para-hydroxylation sites is 1. The van der Waals surface area contributed by atoms with E-state index in [0.29, 0.717) is 5.56 Å². The van der Waals surface area contributed by atoms with Crippen LogP contribution in [0.1, 0.15) is 17.2 Å². The van der Waals surface area contributed by atoms with Crippen molar-refractivity contribution in [2.24, 2.45) is 5.73 Å². The number of ether oxygens (including phenoxy) is 1. The first-order chi connectivity index (χ1) is 9.90. The predicted octanol–water partition coefficient (Wildman–Crippen LogP) is 4.36. The molecule has 0 bridgehead atoms. The van der Waals surface area contributed by atoms with Gasteiger partial charge in [-0.15, -0.1) is 24.9 Å². The van der Waals surface area contributed by atoms with Crippen LogP contribution in [0.5, 0.6) is 5.75 Å². The molecular formula is C15H14F3NOS. The minimum atomic E-state index is -4.74. The maximum Gasteiger partial charge on any atom is 0.573 e. The molecule has 2 aromatic carbocycles. The zero-order valence-corrected chi connectivity index (χ0v) is 12.0. The molecule has 0 saturated carbocycles. The number of benzene rings is 2. The molecule has 0 aliphatic heterocycles. The summed E-state index contributed by atoms with van der Waals surface area (Å²) < 4.78 is 41.3. The zero-order chi connectivity index (χ0) is 15.5. The summed E-state index contributed by atoms with van der Waals surface area (Å²) >= 11 is 1.58. The lowest BCUT2D eigenvalue weighted by molar-refractivity contribution is -0.274. The minimum absolute atomic E-state index is 0.272. The monoisotopic (exact) mass is 313 g/mol. The number of hydrogen-bond acceptors (Lipinski definition) is 3. The lowest BCUT2D eigenvalue weighted by Gasteiger charge is -2.18. The van der Waals surface area contributed by atoms with Gasteiger partial charge in [0.25, 0.3) is 0 Å². The Kier molecular flexibility index (Phi) is 4.80. The summed E-state index contributed by atoms with van der Waals surface area (Å²) in [4.78, 5) is 1.06. The van der Waals surface area contributed by atoms with E-state index in [2.05, 4.69) is 4.74 Å². The van der Waals surface area contributed by atoms with E-state index in [1.54, 1.807) is 30.0 Å². The summed E-state index contributed by atoms with van der Waals surface area (Å²) in [6.07, 6.45) is -2.79. The molecule has 1 atom stereocenters. The number of nitrogens with two attached hydrogens (primary N) is 1. The van der Waals surface area contributed by atoms with Gasteiger partial charge in [0.1, 0.15) is 5.75 Å². The molecule has 0 amide bonds. The van der Waals surface area contributed by atoms with Crippen LogP contribution in [0.4, 0.5) is 13.2 Å². The molecule has 2 nitrogen and oxygen atoms in total. The van der Waals surface area contributed by atoms with E-state index < -0.39 is 12.4 Å². The lowest BCUT2D eigenvalue weighted by Crippen LogP contribution is -2.20. The van der Waals surface area contributed by atoms with Gasteiger partial charge in [-0.3, -0.25) is 0 Å². The van der Waals surface area contributed by atoms with Gasteiger partial charge in [0.05, 0.1) is 6.04 Å². The van der Waals surface area contributed by atoms with Crippen LogP contribution >= 0.6 is 11.8 Å². The van der Waals surface area contributed by atoms with Crippen molar-refractivity contribution in [3.63, 3.8) is 0 Å². The molecule has 0 spiro atoms. The van der Waals surface area contributed by atoms with Gasteiger partial charge in [-0.1, -0.05) is 30.3 Å². The van der Waals surface area contributed by atoms with Crippen molar-refractivity contribution in [1.82, 2.24) is 0 Å². The van der Waals surface area contributed by atoms with Crippen molar-refractivity contribution in [3.05, 3.63) is 59.7 Å². The van der Waals surface area contributed by atoms with Gasteiger partial charge < -0.3 is 10.5 Å². The Morgan fingerprint density at radius 3 is 2.24 bits per heavy atom. The Bertz CT molecular complexity index is 599. The molecule has 0 fully saturated rings. The molecule has 6 heteroatoms. The third kappa shape index (κ3) is 4.15. The van der Waals surface area contributed by atoms with Gasteiger partial charge >= 0.3 is 6.36 Å². The number of hydrogen-bond donors (Lipinski definition) is 1. The highest BCUT2D eigenvalue weighted by molar-refractivity contribution is 7.98. The van der Waals surface area contributed by atoms with Crippen molar-refractivity contribution in [3.8, 4) is 5.75 Å². The highest BCUT2D eigenvalue weighted by atomic mass is 32.2. The van der Waals surface area contributed by atoms with Crippen LogP contribution in [0.2, 0.25) is 0 Å². The average molecular weight is 313 g/mol. The molecule has 2 rings (SSSR count). The predicted molar refractivity (Wildman–Crippen MR) is 77.4 cm³/mol. The SMILES string of the molecule is CSc1ccc(C(N)c2ccccc2OC(F)(F)F)cc1. The molecule has 0 aliphatic carbocycles. The van der Waals surface area contributed by atoms with Gasteiger partial charge in [0.2, 0.25) is 0 Å². The maximum atomic E-state index is 12.4. The molecule has 0 aromatic heterocycles. The second-order valence-electron chi connectivity index (χ2n) is 4.34. The van der Waals surface area contributed by atoms with Crippen molar-refractivity contribution < 1.29 is 17.9 Å². The second-order valence-corrected chi connectivity index (χ2v) is 5.22. The normalized spacial score (nSPS) is 13.0. The maximum absolute atomic E-state index is 12.4. The van der Waals surface area contributed by atoms with Gasteiger partial charge in [0.15, 0.2) is 0 Å². The molecule has 112 valence electrons. The fraction of sp³-hybridized carbons (Fsp3) is 0.200. The topological polar surface area (TPSA) is 35.2 Å². The van der Waals surface area contributed by atoms with E-state index in [0.717, 1.165) is 10.5 Å². The van der Waals surface area contributed by atoms with Crippen molar-refractivity contribution in [2.75, 3.05) is 6.26 Å². The first kappa shape index (κ1) is 15.7. The van der Waals surface area contributed by atoms with E-state index >= 15 is 0 Å². The van der Waals surface area contributed by atoms with Crippen molar-refractivity contribution >= 4 is 11.8 Å².